The second-order valence-electron chi connectivity index (χ2n) is 5.77. The van der Waals surface area contributed by atoms with E-state index in [2.05, 4.69) is 15.2 Å². The summed E-state index contributed by atoms with van der Waals surface area (Å²) in [5.74, 6) is 0.158. The molecule has 0 radical (unpaired) electrons. The molecule has 1 rings (SSSR count). The molecule has 8 nitrogen and oxygen atoms in total. The highest BCUT2D eigenvalue weighted by Gasteiger charge is 2.29. The maximum absolute atomic E-state index is 12.2. The van der Waals surface area contributed by atoms with Crippen molar-refractivity contribution in [3.63, 3.8) is 0 Å². The van der Waals surface area contributed by atoms with Crippen LogP contribution in [0.3, 0.4) is 0 Å². The monoisotopic (exact) mass is 303 g/mol. The Kier molecular flexibility index (Phi) is 4.55. The molecule has 0 aliphatic heterocycles. The van der Waals surface area contributed by atoms with Crippen LogP contribution >= 0.6 is 0 Å². The van der Waals surface area contributed by atoms with Crippen LogP contribution < -0.4 is 0 Å². The number of likely N-dealkylation sites (N-methyl/N-ethyl adjacent to an activating group) is 2. The molecule has 20 heavy (non-hydrogen) atoms. The van der Waals surface area contributed by atoms with E-state index in [0.717, 1.165) is 4.31 Å². The summed E-state index contributed by atoms with van der Waals surface area (Å²) in [4.78, 5) is 16.9. The van der Waals surface area contributed by atoms with Crippen molar-refractivity contribution in [2.45, 2.75) is 31.3 Å². The molecule has 1 amide bonds. The van der Waals surface area contributed by atoms with Gasteiger partial charge in [0.15, 0.2) is 0 Å². The predicted octanol–water partition coefficient (Wildman–Crippen LogP) is -0.189. The molecule has 0 atom stereocenters. The highest BCUT2D eigenvalue weighted by molar-refractivity contribution is 7.88. The first-order valence-corrected chi connectivity index (χ1v) is 7.49. The first-order valence-electron chi connectivity index (χ1n) is 6.05. The average molecular weight is 303 g/mol. The number of carbonyl (C=O) groups excluding carboxylic acids is 1. The number of carbonyl (C=O) groups is 1. The van der Waals surface area contributed by atoms with Gasteiger partial charge in [0.1, 0.15) is 5.82 Å². The molecule has 0 bridgehead atoms. The molecular formula is C11H21N5O3S. The van der Waals surface area contributed by atoms with Crippen molar-refractivity contribution >= 4 is 15.9 Å². The van der Waals surface area contributed by atoms with E-state index < -0.39 is 10.0 Å². The maximum Gasteiger partial charge on any atom is 0.282 e. The number of H-pyrrole nitrogens is 1. The van der Waals surface area contributed by atoms with Gasteiger partial charge in [-0.2, -0.15) is 4.31 Å². The second-order valence-corrected chi connectivity index (χ2v) is 7.70. The standard InChI is InChI=1S/C11H21N5O3S/c1-11(2,3)9-12-10(14-13-9)20(18,19)16(6)7-8(17)15(4)5/h7H2,1-6H3,(H,12,13,14). The van der Waals surface area contributed by atoms with Crippen LogP contribution in [-0.4, -0.2) is 66.4 Å². The van der Waals surface area contributed by atoms with Gasteiger partial charge in [0.2, 0.25) is 5.91 Å². The van der Waals surface area contributed by atoms with E-state index in [1.807, 2.05) is 20.8 Å². The number of rotatable bonds is 4. The lowest BCUT2D eigenvalue weighted by Crippen LogP contribution is -2.38. The van der Waals surface area contributed by atoms with Gasteiger partial charge >= 0.3 is 0 Å². The fourth-order valence-corrected chi connectivity index (χ4v) is 2.18. The van der Waals surface area contributed by atoms with Gasteiger partial charge in [-0.15, -0.1) is 5.10 Å². The van der Waals surface area contributed by atoms with Crippen LogP contribution in [0.2, 0.25) is 0 Å². The average Bonchev–Trinajstić information content (AvgIpc) is 2.77. The van der Waals surface area contributed by atoms with Gasteiger partial charge in [0.05, 0.1) is 6.54 Å². The fraction of sp³-hybridized carbons (Fsp3) is 0.727. The smallest absolute Gasteiger partial charge is 0.282 e. The number of hydrogen-bond donors (Lipinski definition) is 1. The van der Waals surface area contributed by atoms with Crippen molar-refractivity contribution in [2.24, 2.45) is 0 Å². The summed E-state index contributed by atoms with van der Waals surface area (Å²) in [6.07, 6.45) is 0. The number of sulfonamides is 1. The van der Waals surface area contributed by atoms with Gasteiger partial charge in [-0.05, 0) is 0 Å². The minimum atomic E-state index is -3.87. The summed E-state index contributed by atoms with van der Waals surface area (Å²) in [6, 6.07) is 0. The Balaban J connectivity index is 2.99. The zero-order valence-electron chi connectivity index (χ0n) is 12.6. The lowest BCUT2D eigenvalue weighted by atomic mass is 9.96. The van der Waals surface area contributed by atoms with Gasteiger partial charge in [0.25, 0.3) is 15.2 Å². The Labute approximate surface area is 119 Å². The van der Waals surface area contributed by atoms with Gasteiger partial charge in [-0.25, -0.2) is 13.4 Å². The Bertz CT molecular complexity index is 585. The molecule has 0 saturated heterocycles. The van der Waals surface area contributed by atoms with Gasteiger partial charge in [-0.1, -0.05) is 20.8 Å². The van der Waals surface area contributed by atoms with E-state index in [-0.39, 0.29) is 23.0 Å². The molecule has 9 heteroatoms. The van der Waals surface area contributed by atoms with Gasteiger partial charge in [-0.3, -0.25) is 9.89 Å². The van der Waals surface area contributed by atoms with Crippen LogP contribution in [-0.2, 0) is 20.2 Å². The van der Waals surface area contributed by atoms with Crippen LogP contribution in [0.4, 0.5) is 0 Å². The summed E-state index contributed by atoms with van der Waals surface area (Å²) in [7, 11) is 0.574. The van der Waals surface area contributed by atoms with Crippen LogP contribution in [0.1, 0.15) is 26.6 Å². The Morgan fingerprint density at radius 3 is 2.20 bits per heavy atom. The highest BCUT2D eigenvalue weighted by atomic mass is 32.2. The molecule has 1 aromatic rings. The van der Waals surface area contributed by atoms with E-state index in [0.29, 0.717) is 5.82 Å². The van der Waals surface area contributed by atoms with Gasteiger partial charge in [0, 0.05) is 26.6 Å². The third-order valence-electron chi connectivity index (χ3n) is 2.67. The Morgan fingerprint density at radius 2 is 1.80 bits per heavy atom. The maximum atomic E-state index is 12.2. The zero-order valence-corrected chi connectivity index (χ0v) is 13.4. The Hall–Kier alpha value is -1.48. The molecule has 0 aliphatic carbocycles. The van der Waals surface area contributed by atoms with Crippen molar-refractivity contribution in [3.8, 4) is 0 Å². The van der Waals surface area contributed by atoms with Crippen molar-refractivity contribution in [1.82, 2.24) is 24.4 Å². The molecule has 0 fully saturated rings. The lowest BCUT2D eigenvalue weighted by molar-refractivity contribution is -0.128. The first-order chi connectivity index (χ1) is 8.96. The highest BCUT2D eigenvalue weighted by Crippen LogP contribution is 2.19. The molecule has 1 heterocycles. The van der Waals surface area contributed by atoms with E-state index in [1.165, 1.54) is 11.9 Å². The lowest BCUT2D eigenvalue weighted by Gasteiger charge is -2.17. The normalized spacial score (nSPS) is 12.8. The van der Waals surface area contributed by atoms with E-state index in [9.17, 15) is 13.2 Å². The van der Waals surface area contributed by atoms with Crippen LogP contribution in [0.5, 0.6) is 0 Å². The minimum Gasteiger partial charge on any atom is -0.348 e. The number of amides is 1. The quantitative estimate of drug-likeness (QED) is 0.831. The summed E-state index contributed by atoms with van der Waals surface area (Å²) in [6.45, 7) is 5.42. The summed E-state index contributed by atoms with van der Waals surface area (Å²) >= 11 is 0. The van der Waals surface area contributed by atoms with Crippen molar-refractivity contribution in [1.29, 1.82) is 0 Å². The zero-order chi connectivity index (χ0) is 15.7. The SMILES string of the molecule is CN(C)C(=O)CN(C)S(=O)(=O)c1n[nH]c(C(C)(C)C)n1. The molecule has 0 unspecified atom stereocenters. The Morgan fingerprint density at radius 1 is 1.25 bits per heavy atom. The molecule has 1 aromatic heterocycles. The summed E-state index contributed by atoms with van der Waals surface area (Å²) in [5, 5.41) is 6.03. The van der Waals surface area contributed by atoms with E-state index >= 15 is 0 Å². The molecular weight excluding hydrogens is 282 g/mol. The predicted molar refractivity (Wildman–Crippen MR) is 73.6 cm³/mol. The molecule has 0 aliphatic rings. The summed E-state index contributed by atoms with van der Waals surface area (Å²) < 4.78 is 25.4. The fourth-order valence-electron chi connectivity index (χ4n) is 1.25. The van der Waals surface area contributed by atoms with Crippen molar-refractivity contribution < 1.29 is 13.2 Å². The first kappa shape index (κ1) is 16.6. The van der Waals surface area contributed by atoms with Crippen LogP contribution in [0.25, 0.3) is 0 Å². The molecule has 114 valence electrons. The van der Waals surface area contributed by atoms with E-state index in [4.69, 9.17) is 0 Å². The third-order valence-corrected chi connectivity index (χ3v) is 4.27. The molecule has 0 aromatic carbocycles. The molecule has 0 spiro atoms. The van der Waals surface area contributed by atoms with E-state index in [1.54, 1.807) is 14.1 Å². The number of nitrogens with zero attached hydrogens (tertiary/aromatic N) is 4. The minimum absolute atomic E-state index is 0.255. The number of aromatic amines is 1. The molecule has 0 saturated carbocycles. The largest absolute Gasteiger partial charge is 0.348 e. The van der Waals surface area contributed by atoms with Crippen molar-refractivity contribution in [3.05, 3.63) is 5.82 Å². The van der Waals surface area contributed by atoms with Gasteiger partial charge < -0.3 is 4.90 Å². The number of hydrogen-bond acceptors (Lipinski definition) is 5. The van der Waals surface area contributed by atoms with Crippen LogP contribution in [0.15, 0.2) is 5.16 Å². The third kappa shape index (κ3) is 3.54. The topological polar surface area (TPSA) is 99.3 Å². The summed E-state index contributed by atoms with van der Waals surface area (Å²) in [5.41, 5.74) is -0.335. The van der Waals surface area contributed by atoms with Crippen LogP contribution in [0, 0.1) is 0 Å². The second kappa shape index (κ2) is 5.49. The van der Waals surface area contributed by atoms with Crippen molar-refractivity contribution in [2.75, 3.05) is 27.7 Å². The number of aromatic nitrogens is 3. The number of nitrogens with one attached hydrogen (secondary N) is 1. The molecule has 1 N–H and O–H groups in total.